The quantitative estimate of drug-likeness (QED) is 0.150. The number of nitrogens with zero attached hydrogens (tertiary/aromatic N) is 5. The molecule has 5 aromatic rings. The third kappa shape index (κ3) is 5.23. The molecular weight excluding hydrogens is 554 g/mol. The molecule has 0 spiro atoms. The van der Waals surface area contributed by atoms with Gasteiger partial charge in [0.2, 0.25) is 0 Å². The molecular formula is C35H38ClN7. The number of pyridine rings is 1. The molecule has 3 aliphatic rings. The van der Waals surface area contributed by atoms with Crippen molar-refractivity contribution in [1.82, 2.24) is 29.9 Å². The van der Waals surface area contributed by atoms with Gasteiger partial charge in [-0.2, -0.15) is 0 Å². The number of halogens is 1. The first-order chi connectivity index (χ1) is 21.1. The van der Waals surface area contributed by atoms with Gasteiger partial charge in [0.1, 0.15) is 0 Å². The van der Waals surface area contributed by atoms with E-state index < -0.39 is 0 Å². The molecule has 2 bridgehead atoms. The van der Waals surface area contributed by atoms with Crippen LogP contribution in [0.5, 0.6) is 0 Å². The highest BCUT2D eigenvalue weighted by atomic mass is 35.5. The highest BCUT2D eigenvalue weighted by Gasteiger charge is 2.33. The summed E-state index contributed by atoms with van der Waals surface area (Å²) in [4.78, 5) is 11.2. The fourth-order valence-corrected chi connectivity index (χ4v) is 8.04. The molecule has 8 heteroatoms. The first-order valence-corrected chi connectivity index (χ1v) is 16.2. The number of para-hydroxylation sites is 1. The van der Waals surface area contributed by atoms with Crippen LogP contribution in [0.2, 0.25) is 5.02 Å². The van der Waals surface area contributed by atoms with Gasteiger partial charge >= 0.3 is 0 Å². The van der Waals surface area contributed by atoms with Crippen LogP contribution < -0.4 is 5.73 Å². The van der Waals surface area contributed by atoms with E-state index in [2.05, 4.69) is 56.7 Å². The maximum atomic E-state index is 6.73. The van der Waals surface area contributed by atoms with Crippen LogP contribution in [0.15, 0.2) is 60.3 Å². The van der Waals surface area contributed by atoms with Gasteiger partial charge in [0, 0.05) is 82.7 Å². The van der Waals surface area contributed by atoms with Crippen LogP contribution in [-0.2, 0) is 32.4 Å². The first kappa shape index (κ1) is 26.9. The number of nitrogen functional groups attached to an aromatic ring is 1. The lowest BCUT2D eigenvalue weighted by molar-refractivity contribution is 0.254. The third-order valence-corrected chi connectivity index (χ3v) is 10.1. The van der Waals surface area contributed by atoms with Gasteiger partial charge in [0.05, 0.1) is 11.2 Å². The number of hydrogen-bond donors (Lipinski definition) is 2. The van der Waals surface area contributed by atoms with Crippen LogP contribution in [0.25, 0.3) is 21.8 Å². The topological polar surface area (TPSA) is 88.6 Å². The molecule has 2 atom stereocenters. The number of hydrogen-bond acceptors (Lipinski definition) is 5. The van der Waals surface area contributed by atoms with Crippen molar-refractivity contribution in [3.63, 3.8) is 0 Å². The second-order valence-electron chi connectivity index (χ2n) is 12.8. The van der Waals surface area contributed by atoms with Crippen molar-refractivity contribution < 1.29 is 0 Å². The summed E-state index contributed by atoms with van der Waals surface area (Å²) in [5, 5.41) is 12.0. The standard InChI is InChI=1S/C35H38ClN7/c36-25-8-9-29-31(19-25)39-32-18-23-15-22(16-24(17-23)34(32)35(29)37)5-3-4-12-43-20-26(40-41-43)10-13-42-14-11-28-27-6-1-2-7-30(27)38-33(28)21-42/h1-2,6-9,15,19-20,23-24,38H,3-5,10-14,16-18,21H2,(H2,37,39). The minimum Gasteiger partial charge on any atom is -0.398 e. The van der Waals surface area contributed by atoms with E-state index in [1.54, 1.807) is 5.57 Å². The minimum absolute atomic E-state index is 0.474. The van der Waals surface area contributed by atoms with E-state index >= 15 is 0 Å². The summed E-state index contributed by atoms with van der Waals surface area (Å²) >= 11 is 6.24. The summed E-state index contributed by atoms with van der Waals surface area (Å²) < 4.78 is 2.03. The average Bonchev–Trinajstić information content (AvgIpc) is 3.61. The highest BCUT2D eigenvalue weighted by molar-refractivity contribution is 6.31. The van der Waals surface area contributed by atoms with E-state index in [4.69, 9.17) is 22.3 Å². The lowest BCUT2D eigenvalue weighted by Gasteiger charge is -2.36. The smallest absolute Gasteiger partial charge is 0.0839 e. The van der Waals surface area contributed by atoms with Crippen LogP contribution >= 0.6 is 11.6 Å². The Kier molecular flexibility index (Phi) is 6.95. The summed E-state index contributed by atoms with van der Waals surface area (Å²) in [7, 11) is 0. The van der Waals surface area contributed by atoms with Gasteiger partial charge in [0.15, 0.2) is 0 Å². The maximum Gasteiger partial charge on any atom is 0.0839 e. The summed E-state index contributed by atoms with van der Waals surface area (Å²) in [6.45, 7) is 4.01. The number of anilines is 1. The van der Waals surface area contributed by atoms with Crippen molar-refractivity contribution in [2.24, 2.45) is 5.92 Å². The first-order valence-electron chi connectivity index (χ1n) is 15.8. The molecule has 0 saturated heterocycles. The lowest BCUT2D eigenvalue weighted by atomic mass is 9.70. The molecule has 8 rings (SSSR count). The van der Waals surface area contributed by atoms with Gasteiger partial charge < -0.3 is 10.7 Å². The Balaban J connectivity index is 0.824. The number of benzene rings is 2. The predicted molar refractivity (Wildman–Crippen MR) is 173 cm³/mol. The Morgan fingerprint density at radius 1 is 1.02 bits per heavy atom. The molecule has 3 aromatic heterocycles. The maximum absolute atomic E-state index is 6.73. The van der Waals surface area contributed by atoms with Gasteiger partial charge in [-0.3, -0.25) is 14.6 Å². The van der Waals surface area contributed by atoms with Crippen LogP contribution in [0.3, 0.4) is 0 Å². The molecule has 1 aliphatic heterocycles. The minimum atomic E-state index is 0.474. The van der Waals surface area contributed by atoms with Crippen molar-refractivity contribution in [1.29, 1.82) is 0 Å². The zero-order valence-electron chi connectivity index (χ0n) is 24.5. The van der Waals surface area contributed by atoms with E-state index in [-0.39, 0.29) is 0 Å². The Morgan fingerprint density at radius 2 is 1.95 bits per heavy atom. The number of nitrogens with two attached hydrogens (primary N) is 1. The van der Waals surface area contributed by atoms with Crippen molar-refractivity contribution in [2.45, 2.75) is 70.4 Å². The molecule has 0 saturated carbocycles. The second kappa shape index (κ2) is 11.1. The summed E-state index contributed by atoms with van der Waals surface area (Å²) in [6, 6.07) is 14.5. The molecule has 7 nitrogen and oxygen atoms in total. The van der Waals surface area contributed by atoms with E-state index in [0.29, 0.717) is 16.9 Å². The Bertz CT molecular complexity index is 1850. The molecule has 0 radical (unpaired) electrons. The van der Waals surface area contributed by atoms with E-state index in [1.807, 2.05) is 22.9 Å². The molecule has 0 amide bonds. The molecule has 2 aliphatic carbocycles. The number of unbranched alkanes of at least 4 members (excludes halogenated alkanes) is 1. The molecule has 220 valence electrons. The van der Waals surface area contributed by atoms with Gasteiger partial charge in [-0.15, -0.1) is 5.10 Å². The lowest BCUT2D eigenvalue weighted by Crippen LogP contribution is -2.32. The number of aromatic amines is 1. The van der Waals surface area contributed by atoms with Gasteiger partial charge in [0.25, 0.3) is 0 Å². The predicted octanol–water partition coefficient (Wildman–Crippen LogP) is 6.99. The van der Waals surface area contributed by atoms with Crippen LogP contribution in [0.1, 0.15) is 66.2 Å². The summed E-state index contributed by atoms with van der Waals surface area (Å²) in [5.41, 5.74) is 17.8. The van der Waals surface area contributed by atoms with Crippen molar-refractivity contribution in [3.05, 3.63) is 93.5 Å². The van der Waals surface area contributed by atoms with Crippen LogP contribution in [-0.4, -0.2) is 43.0 Å². The van der Waals surface area contributed by atoms with Crippen LogP contribution in [0, 0.1) is 5.92 Å². The number of aromatic nitrogens is 5. The largest absolute Gasteiger partial charge is 0.398 e. The number of nitrogens with one attached hydrogen (secondary N) is 1. The number of aryl methyl sites for hydroxylation is 1. The van der Waals surface area contributed by atoms with E-state index in [1.165, 1.54) is 39.8 Å². The molecule has 3 N–H and O–H groups in total. The zero-order chi connectivity index (χ0) is 28.9. The van der Waals surface area contributed by atoms with Crippen molar-refractivity contribution >= 4 is 39.1 Å². The number of allylic oxidation sites excluding steroid dienone is 2. The van der Waals surface area contributed by atoms with Crippen molar-refractivity contribution in [3.8, 4) is 0 Å². The summed E-state index contributed by atoms with van der Waals surface area (Å²) in [6.07, 6.45) is 13.4. The van der Waals surface area contributed by atoms with Crippen LogP contribution in [0.4, 0.5) is 5.69 Å². The Labute approximate surface area is 257 Å². The zero-order valence-corrected chi connectivity index (χ0v) is 25.3. The molecule has 0 fully saturated rings. The Hall–Kier alpha value is -3.68. The van der Waals surface area contributed by atoms with Gasteiger partial charge in [-0.25, -0.2) is 0 Å². The number of fused-ring (bicyclic) bond motifs is 8. The van der Waals surface area contributed by atoms with Gasteiger partial charge in [-0.05, 0) is 86.6 Å². The highest BCUT2D eigenvalue weighted by Crippen LogP contribution is 2.47. The van der Waals surface area contributed by atoms with Gasteiger partial charge in [-0.1, -0.05) is 46.7 Å². The monoisotopic (exact) mass is 591 g/mol. The fraction of sp³-hybridized carbons (Fsp3) is 0.400. The summed E-state index contributed by atoms with van der Waals surface area (Å²) in [5.74, 6) is 1.03. The molecule has 2 unspecified atom stereocenters. The molecule has 43 heavy (non-hydrogen) atoms. The van der Waals surface area contributed by atoms with E-state index in [9.17, 15) is 0 Å². The second-order valence-corrected chi connectivity index (χ2v) is 13.2. The SMILES string of the molecule is Nc1c2c(nc3cc(Cl)ccc13)CC1C=C(CCCCn3cc(CCN4CCc5c([nH]c6ccccc56)C4)nn3)CC2C1. The fourth-order valence-electron chi connectivity index (χ4n) is 7.87. The number of H-pyrrole nitrogens is 1. The third-order valence-electron chi connectivity index (χ3n) is 9.90. The normalized spacial score (nSPS) is 19.9. The van der Waals surface area contributed by atoms with Crippen molar-refractivity contribution in [2.75, 3.05) is 18.8 Å². The molecule has 2 aromatic carbocycles. The number of rotatable bonds is 8. The van der Waals surface area contributed by atoms with E-state index in [0.717, 1.165) is 93.4 Å². The average molecular weight is 592 g/mol. The molecule has 4 heterocycles. The Morgan fingerprint density at radius 3 is 2.91 bits per heavy atom.